The quantitative estimate of drug-likeness (QED) is 0.639. The normalized spacial score (nSPS) is 18.6. The maximum absolute atomic E-state index is 4.25. The molecular weight excluding hydrogens is 172 g/mol. The van der Waals surface area contributed by atoms with Crippen LogP contribution in [0.1, 0.15) is 0 Å². The Hall–Kier alpha value is -1.83. The molecule has 0 aromatic heterocycles. The minimum Gasteiger partial charge on any atom is -0.339 e. The van der Waals surface area contributed by atoms with Gasteiger partial charge in [0.1, 0.15) is 5.70 Å². The van der Waals surface area contributed by atoms with Gasteiger partial charge in [0, 0.05) is 24.9 Å². The fourth-order valence-electron chi connectivity index (χ4n) is 1.35. The van der Waals surface area contributed by atoms with Crippen molar-refractivity contribution in [3.8, 4) is 0 Å². The molecule has 1 radical (unpaired) electrons. The van der Waals surface area contributed by atoms with Gasteiger partial charge in [0.25, 0.3) is 5.70 Å². The van der Waals surface area contributed by atoms with Crippen molar-refractivity contribution >= 4 is 6.21 Å². The van der Waals surface area contributed by atoms with Crippen LogP contribution < -0.4 is 4.99 Å². The van der Waals surface area contributed by atoms with Gasteiger partial charge >= 0.3 is 0 Å². The highest BCUT2D eigenvalue weighted by molar-refractivity contribution is 5.73. The van der Waals surface area contributed by atoms with E-state index in [-0.39, 0.29) is 0 Å². The van der Waals surface area contributed by atoms with Gasteiger partial charge in [0.05, 0.1) is 4.99 Å². The Morgan fingerprint density at radius 2 is 2.21 bits per heavy atom. The van der Waals surface area contributed by atoms with Crippen molar-refractivity contribution in [2.45, 2.75) is 0 Å². The molecule has 2 heterocycles. The maximum Gasteiger partial charge on any atom is 0.299 e. The largest absolute Gasteiger partial charge is 0.339 e. The average molecular weight is 184 g/mol. The smallest absolute Gasteiger partial charge is 0.299 e. The standard InChI is InChI=1S/C12H12N2/c1-11(12-7-3-4-8-13-12)14-9-5-2-6-10-14/h2-9H,1,10H2/q+1. The van der Waals surface area contributed by atoms with Crippen LogP contribution in [0.25, 0.3) is 0 Å². The van der Waals surface area contributed by atoms with E-state index in [9.17, 15) is 0 Å². The molecule has 0 saturated heterocycles. The molecule has 0 aromatic carbocycles. The second-order valence-corrected chi connectivity index (χ2v) is 3.08. The summed E-state index contributed by atoms with van der Waals surface area (Å²) < 4.78 is 0. The third-order valence-electron chi connectivity index (χ3n) is 2.12. The van der Waals surface area contributed by atoms with Crippen molar-refractivity contribution < 1.29 is 0 Å². The molecule has 0 fully saturated rings. The summed E-state index contributed by atoms with van der Waals surface area (Å²) in [6, 6.07) is 0. The van der Waals surface area contributed by atoms with Crippen LogP contribution in [0.15, 0.2) is 60.6 Å². The van der Waals surface area contributed by atoms with Gasteiger partial charge in [-0.25, -0.2) is 0 Å². The summed E-state index contributed by atoms with van der Waals surface area (Å²) in [6.45, 7) is 4.89. The molecule has 0 aliphatic carbocycles. The van der Waals surface area contributed by atoms with Crippen LogP contribution in [0.3, 0.4) is 0 Å². The predicted molar refractivity (Wildman–Crippen MR) is 59.5 cm³/mol. The number of nitrogens with zero attached hydrogens (tertiary/aromatic N) is 2. The van der Waals surface area contributed by atoms with Gasteiger partial charge in [-0.1, -0.05) is 18.7 Å². The van der Waals surface area contributed by atoms with Crippen molar-refractivity contribution in [1.29, 1.82) is 0 Å². The molecule has 0 N–H and O–H groups in total. The molecule has 2 aliphatic rings. The SMILES string of the molecule is C=C(C1=CC=CC=[N+]1)N1C=CC=CC1. The number of aliphatic imine (C=N–C) groups is 1. The molecule has 2 nitrogen and oxygen atoms in total. The Kier molecular flexibility index (Phi) is 2.45. The minimum atomic E-state index is 0.867. The van der Waals surface area contributed by atoms with Crippen LogP contribution in [0, 0.1) is 0 Å². The average Bonchev–Trinajstić information content (AvgIpc) is 2.30. The lowest BCUT2D eigenvalue weighted by Crippen LogP contribution is -2.20. The second kappa shape index (κ2) is 3.92. The molecule has 0 spiro atoms. The van der Waals surface area contributed by atoms with Gasteiger partial charge in [0.2, 0.25) is 6.21 Å². The predicted octanol–water partition coefficient (Wildman–Crippen LogP) is 1.75. The lowest BCUT2D eigenvalue weighted by atomic mass is 10.2. The van der Waals surface area contributed by atoms with Crippen LogP contribution in [0.4, 0.5) is 0 Å². The van der Waals surface area contributed by atoms with Crippen molar-refractivity contribution in [1.82, 2.24) is 9.89 Å². The highest BCUT2D eigenvalue weighted by atomic mass is 15.1. The molecule has 0 atom stereocenters. The van der Waals surface area contributed by atoms with E-state index in [2.05, 4.69) is 22.5 Å². The Balaban J connectivity index is 2.12. The van der Waals surface area contributed by atoms with E-state index in [0.717, 1.165) is 17.9 Å². The highest BCUT2D eigenvalue weighted by Crippen LogP contribution is 2.14. The van der Waals surface area contributed by atoms with Gasteiger partial charge in [-0.15, -0.1) is 0 Å². The van der Waals surface area contributed by atoms with E-state index in [4.69, 9.17) is 0 Å². The Morgan fingerprint density at radius 1 is 1.29 bits per heavy atom. The fourth-order valence-corrected chi connectivity index (χ4v) is 1.35. The summed E-state index contributed by atoms with van der Waals surface area (Å²) in [6.07, 6.45) is 15.8. The molecule has 2 rings (SSSR count). The molecule has 0 bridgehead atoms. The van der Waals surface area contributed by atoms with E-state index < -0.39 is 0 Å². The Bertz CT molecular complexity index is 381. The topological polar surface area (TPSA) is 17.3 Å². The lowest BCUT2D eigenvalue weighted by molar-refractivity contribution is 0.519. The first-order chi connectivity index (χ1) is 6.88. The van der Waals surface area contributed by atoms with Crippen LogP contribution >= 0.6 is 0 Å². The van der Waals surface area contributed by atoms with Gasteiger partial charge in [-0.05, 0) is 12.2 Å². The molecule has 14 heavy (non-hydrogen) atoms. The van der Waals surface area contributed by atoms with Crippen LogP contribution in [-0.2, 0) is 0 Å². The first-order valence-electron chi connectivity index (χ1n) is 4.58. The summed E-state index contributed by atoms with van der Waals surface area (Å²) in [7, 11) is 0. The fraction of sp³-hybridized carbons (Fsp3) is 0.0833. The Labute approximate surface area is 83.9 Å². The van der Waals surface area contributed by atoms with Gasteiger partial charge in [-0.3, -0.25) is 0 Å². The van der Waals surface area contributed by atoms with E-state index in [1.54, 1.807) is 6.21 Å². The molecule has 2 heteroatoms. The maximum atomic E-state index is 4.25. The lowest BCUT2D eigenvalue weighted by Gasteiger charge is -2.19. The third kappa shape index (κ3) is 1.74. The number of allylic oxidation sites excluding steroid dienone is 5. The van der Waals surface area contributed by atoms with E-state index in [0.29, 0.717) is 0 Å². The van der Waals surface area contributed by atoms with Crippen molar-refractivity contribution in [2.75, 3.05) is 6.54 Å². The van der Waals surface area contributed by atoms with E-state index >= 15 is 0 Å². The van der Waals surface area contributed by atoms with Crippen LogP contribution in [0.2, 0.25) is 0 Å². The molecular formula is C12H12N2+. The highest BCUT2D eigenvalue weighted by Gasteiger charge is 2.17. The van der Waals surface area contributed by atoms with Crippen molar-refractivity contribution in [3.63, 3.8) is 0 Å². The van der Waals surface area contributed by atoms with Gasteiger partial charge < -0.3 is 4.90 Å². The third-order valence-corrected chi connectivity index (χ3v) is 2.12. The molecule has 0 saturated carbocycles. The molecule has 2 aliphatic heterocycles. The van der Waals surface area contributed by atoms with Crippen molar-refractivity contribution in [2.24, 2.45) is 0 Å². The zero-order valence-electron chi connectivity index (χ0n) is 7.93. The number of hydrogen-bond donors (Lipinski definition) is 0. The molecule has 69 valence electrons. The van der Waals surface area contributed by atoms with Crippen molar-refractivity contribution in [3.05, 3.63) is 60.6 Å². The minimum absolute atomic E-state index is 0.867. The summed E-state index contributed by atoms with van der Waals surface area (Å²) in [5, 5.41) is 0. The zero-order chi connectivity index (χ0) is 9.80. The summed E-state index contributed by atoms with van der Waals surface area (Å²) in [5.74, 6) is 0. The number of rotatable bonds is 2. The van der Waals surface area contributed by atoms with Crippen LogP contribution in [-0.4, -0.2) is 17.7 Å². The number of hydrogen-bond acceptors (Lipinski definition) is 2. The van der Waals surface area contributed by atoms with Crippen LogP contribution in [0.5, 0.6) is 0 Å². The summed E-state index contributed by atoms with van der Waals surface area (Å²) in [4.78, 5) is 6.33. The molecule has 0 unspecified atom stereocenters. The monoisotopic (exact) mass is 184 g/mol. The Morgan fingerprint density at radius 3 is 2.86 bits per heavy atom. The second-order valence-electron chi connectivity index (χ2n) is 3.08. The zero-order valence-corrected chi connectivity index (χ0v) is 7.93. The summed E-state index contributed by atoms with van der Waals surface area (Å²) in [5.41, 5.74) is 1.86. The van der Waals surface area contributed by atoms with Gasteiger partial charge in [0.15, 0.2) is 0 Å². The first-order valence-corrected chi connectivity index (χ1v) is 4.58. The van der Waals surface area contributed by atoms with E-state index in [1.807, 2.05) is 36.6 Å². The summed E-state index contributed by atoms with van der Waals surface area (Å²) >= 11 is 0. The van der Waals surface area contributed by atoms with Gasteiger partial charge in [-0.2, -0.15) is 0 Å². The molecule has 0 aromatic rings. The molecule has 0 amide bonds. The van der Waals surface area contributed by atoms with E-state index in [1.165, 1.54) is 0 Å². The first kappa shape index (κ1) is 8.75.